The number of benzene rings is 2. The summed E-state index contributed by atoms with van der Waals surface area (Å²) in [4.78, 5) is 10.2. The predicted molar refractivity (Wildman–Crippen MR) is 70.7 cm³/mol. The van der Waals surface area contributed by atoms with E-state index in [1.54, 1.807) is 6.07 Å². The van der Waals surface area contributed by atoms with E-state index in [-0.39, 0.29) is 16.9 Å². The van der Waals surface area contributed by atoms with Gasteiger partial charge in [0.15, 0.2) is 0 Å². The SMILES string of the molecule is O=[N+]([O-])c1ccccc1N/N=C\c1c(F)cccc1F. The van der Waals surface area contributed by atoms with Crippen molar-refractivity contribution in [3.63, 3.8) is 0 Å². The van der Waals surface area contributed by atoms with Gasteiger partial charge in [-0.05, 0) is 18.2 Å². The highest BCUT2D eigenvalue weighted by Gasteiger charge is 2.11. The minimum atomic E-state index is -0.766. The van der Waals surface area contributed by atoms with Crippen molar-refractivity contribution >= 4 is 17.6 Å². The Morgan fingerprint density at radius 1 is 1.10 bits per heavy atom. The Morgan fingerprint density at radius 2 is 1.75 bits per heavy atom. The molecule has 0 radical (unpaired) electrons. The molecule has 102 valence electrons. The molecule has 0 amide bonds. The van der Waals surface area contributed by atoms with E-state index >= 15 is 0 Å². The van der Waals surface area contributed by atoms with Gasteiger partial charge in [0.25, 0.3) is 5.69 Å². The van der Waals surface area contributed by atoms with E-state index in [2.05, 4.69) is 10.5 Å². The summed E-state index contributed by atoms with van der Waals surface area (Å²) >= 11 is 0. The molecule has 0 aliphatic heterocycles. The zero-order valence-corrected chi connectivity index (χ0v) is 10.1. The topological polar surface area (TPSA) is 67.5 Å². The number of anilines is 1. The van der Waals surface area contributed by atoms with Crippen molar-refractivity contribution in [2.24, 2.45) is 5.10 Å². The first-order valence-electron chi connectivity index (χ1n) is 5.56. The summed E-state index contributed by atoms with van der Waals surface area (Å²) in [5, 5.41) is 14.4. The number of hydrogen-bond donors (Lipinski definition) is 1. The van der Waals surface area contributed by atoms with Gasteiger partial charge in [-0.15, -0.1) is 0 Å². The highest BCUT2D eigenvalue weighted by Crippen LogP contribution is 2.23. The summed E-state index contributed by atoms with van der Waals surface area (Å²) in [5.41, 5.74) is 2.02. The Morgan fingerprint density at radius 3 is 2.40 bits per heavy atom. The second kappa shape index (κ2) is 5.87. The second-order valence-electron chi connectivity index (χ2n) is 3.78. The van der Waals surface area contributed by atoms with Crippen LogP contribution in [0.15, 0.2) is 47.6 Å². The standard InChI is InChI=1S/C13H9F2N3O2/c14-10-4-3-5-11(15)9(10)8-16-17-12-6-1-2-7-13(12)18(19)20/h1-8,17H/b16-8-. The minimum absolute atomic E-state index is 0.130. The smallest absolute Gasteiger partial charge is 0.272 e. The zero-order chi connectivity index (χ0) is 14.5. The third kappa shape index (κ3) is 2.94. The fourth-order valence-corrected chi connectivity index (χ4v) is 1.53. The Labute approximate surface area is 112 Å². The lowest BCUT2D eigenvalue weighted by molar-refractivity contribution is -0.384. The van der Waals surface area contributed by atoms with Crippen molar-refractivity contribution in [3.8, 4) is 0 Å². The van der Waals surface area contributed by atoms with Gasteiger partial charge in [0.05, 0.1) is 16.7 Å². The first kappa shape index (κ1) is 13.6. The third-order valence-corrected chi connectivity index (χ3v) is 2.48. The van der Waals surface area contributed by atoms with Gasteiger partial charge in [-0.1, -0.05) is 18.2 Å². The lowest BCUT2D eigenvalue weighted by Crippen LogP contribution is -1.98. The molecule has 0 saturated heterocycles. The average molecular weight is 277 g/mol. The molecule has 2 aromatic carbocycles. The lowest BCUT2D eigenvalue weighted by Gasteiger charge is -2.02. The van der Waals surface area contributed by atoms with Gasteiger partial charge in [0, 0.05) is 6.07 Å². The molecule has 20 heavy (non-hydrogen) atoms. The Balaban J connectivity index is 2.21. The molecule has 0 bridgehead atoms. The number of hydrogen-bond acceptors (Lipinski definition) is 4. The van der Waals surface area contributed by atoms with E-state index in [0.29, 0.717) is 0 Å². The largest absolute Gasteiger partial charge is 0.294 e. The van der Waals surface area contributed by atoms with Crippen LogP contribution in [0.2, 0.25) is 0 Å². The summed E-state index contributed by atoms with van der Waals surface area (Å²) in [6.07, 6.45) is 0.932. The van der Waals surface area contributed by atoms with Crippen molar-refractivity contribution in [2.75, 3.05) is 5.43 Å². The van der Waals surface area contributed by atoms with Crippen LogP contribution in [0, 0.1) is 21.7 Å². The molecule has 2 rings (SSSR count). The number of nitrogens with zero attached hydrogens (tertiary/aromatic N) is 2. The van der Waals surface area contributed by atoms with Crippen LogP contribution in [-0.4, -0.2) is 11.1 Å². The summed E-state index contributed by atoms with van der Waals surface area (Å²) in [6, 6.07) is 9.23. The van der Waals surface area contributed by atoms with Gasteiger partial charge in [0.2, 0.25) is 0 Å². The number of rotatable bonds is 4. The first-order valence-corrected chi connectivity index (χ1v) is 5.56. The molecule has 0 atom stereocenters. The molecule has 0 aliphatic carbocycles. The average Bonchev–Trinajstić information content (AvgIpc) is 2.42. The minimum Gasteiger partial charge on any atom is -0.272 e. The molecule has 0 saturated carbocycles. The van der Waals surface area contributed by atoms with Gasteiger partial charge < -0.3 is 0 Å². The van der Waals surface area contributed by atoms with Crippen LogP contribution in [0.1, 0.15) is 5.56 Å². The van der Waals surface area contributed by atoms with Crippen molar-refractivity contribution in [1.29, 1.82) is 0 Å². The molecule has 0 spiro atoms. The molecule has 0 aromatic heterocycles. The number of nitrogens with one attached hydrogen (secondary N) is 1. The lowest BCUT2D eigenvalue weighted by atomic mass is 10.2. The maximum atomic E-state index is 13.3. The Bertz CT molecular complexity index is 654. The number of nitro groups is 1. The Hall–Kier alpha value is -2.83. The summed E-state index contributed by atoms with van der Waals surface area (Å²) in [6.45, 7) is 0. The van der Waals surface area contributed by atoms with Gasteiger partial charge in [-0.3, -0.25) is 15.5 Å². The maximum Gasteiger partial charge on any atom is 0.294 e. The maximum absolute atomic E-state index is 13.3. The first-order chi connectivity index (χ1) is 9.59. The van der Waals surface area contributed by atoms with Crippen LogP contribution in [-0.2, 0) is 0 Å². The highest BCUT2D eigenvalue weighted by molar-refractivity contribution is 5.81. The zero-order valence-electron chi connectivity index (χ0n) is 10.1. The fourth-order valence-electron chi connectivity index (χ4n) is 1.53. The van der Waals surface area contributed by atoms with Crippen LogP contribution in [0.5, 0.6) is 0 Å². The van der Waals surface area contributed by atoms with E-state index in [1.807, 2.05) is 0 Å². The molecule has 0 aliphatic rings. The second-order valence-corrected chi connectivity index (χ2v) is 3.78. The van der Waals surface area contributed by atoms with E-state index in [4.69, 9.17) is 0 Å². The molecule has 2 aromatic rings. The molecule has 0 unspecified atom stereocenters. The summed E-state index contributed by atoms with van der Waals surface area (Å²) in [7, 11) is 0. The van der Waals surface area contributed by atoms with Gasteiger partial charge in [-0.2, -0.15) is 5.10 Å². The molecule has 1 N–H and O–H groups in total. The number of nitro benzene ring substituents is 1. The summed E-state index contributed by atoms with van der Waals surface area (Å²) in [5.74, 6) is -1.53. The normalized spacial score (nSPS) is 10.7. The molecule has 0 fully saturated rings. The van der Waals surface area contributed by atoms with E-state index < -0.39 is 16.6 Å². The van der Waals surface area contributed by atoms with Crippen LogP contribution in [0.3, 0.4) is 0 Å². The highest BCUT2D eigenvalue weighted by atomic mass is 19.1. The van der Waals surface area contributed by atoms with Gasteiger partial charge in [0.1, 0.15) is 17.3 Å². The van der Waals surface area contributed by atoms with E-state index in [1.165, 1.54) is 24.3 Å². The number of para-hydroxylation sites is 2. The fraction of sp³-hybridized carbons (Fsp3) is 0. The Kier molecular flexibility index (Phi) is 3.99. The van der Waals surface area contributed by atoms with Crippen molar-refractivity contribution in [1.82, 2.24) is 0 Å². The molecule has 5 nitrogen and oxygen atoms in total. The third-order valence-electron chi connectivity index (χ3n) is 2.48. The molecular formula is C13H9F2N3O2. The quantitative estimate of drug-likeness (QED) is 0.529. The molecule has 7 heteroatoms. The molecule has 0 heterocycles. The van der Waals surface area contributed by atoms with Gasteiger partial charge in [-0.25, -0.2) is 8.78 Å². The summed E-state index contributed by atoms with van der Waals surface area (Å²) < 4.78 is 26.6. The van der Waals surface area contributed by atoms with E-state index in [0.717, 1.165) is 18.3 Å². The van der Waals surface area contributed by atoms with Crippen molar-refractivity contribution in [2.45, 2.75) is 0 Å². The predicted octanol–water partition coefficient (Wildman–Crippen LogP) is 3.32. The number of halogens is 2. The van der Waals surface area contributed by atoms with Crippen LogP contribution in [0.25, 0.3) is 0 Å². The van der Waals surface area contributed by atoms with Gasteiger partial charge >= 0.3 is 0 Å². The molecular weight excluding hydrogens is 268 g/mol. The van der Waals surface area contributed by atoms with Crippen molar-refractivity contribution in [3.05, 3.63) is 69.8 Å². The van der Waals surface area contributed by atoms with Crippen LogP contribution < -0.4 is 5.43 Å². The van der Waals surface area contributed by atoms with Crippen molar-refractivity contribution < 1.29 is 13.7 Å². The monoisotopic (exact) mass is 277 g/mol. The van der Waals surface area contributed by atoms with Crippen LogP contribution in [0.4, 0.5) is 20.2 Å². The number of hydrazone groups is 1. The van der Waals surface area contributed by atoms with E-state index in [9.17, 15) is 18.9 Å². The van der Waals surface area contributed by atoms with Crippen LogP contribution >= 0.6 is 0 Å².